The highest BCUT2D eigenvalue weighted by Crippen LogP contribution is 2.17. The molecule has 0 fully saturated rings. The zero-order chi connectivity index (χ0) is 10.6. The van der Waals surface area contributed by atoms with Crippen molar-refractivity contribution in [3.05, 3.63) is 11.8 Å². The second-order valence-electron chi connectivity index (χ2n) is 3.02. The van der Waals surface area contributed by atoms with E-state index in [-0.39, 0.29) is 6.42 Å². The fourth-order valence-corrected chi connectivity index (χ4v) is 1.14. The maximum atomic E-state index is 10.5. The van der Waals surface area contributed by atoms with Gasteiger partial charge in [-0.25, -0.2) is 4.68 Å². The Morgan fingerprint density at radius 1 is 1.71 bits per heavy atom. The van der Waals surface area contributed by atoms with Crippen molar-refractivity contribution < 1.29 is 14.6 Å². The lowest BCUT2D eigenvalue weighted by atomic mass is 10.2. The summed E-state index contributed by atoms with van der Waals surface area (Å²) in [5.74, 6) is -0.325. The van der Waals surface area contributed by atoms with Gasteiger partial charge in [-0.15, -0.1) is 0 Å². The first-order valence-corrected chi connectivity index (χ1v) is 4.50. The van der Waals surface area contributed by atoms with E-state index in [1.807, 2.05) is 6.92 Å². The molecule has 14 heavy (non-hydrogen) atoms. The van der Waals surface area contributed by atoms with Crippen molar-refractivity contribution in [3.63, 3.8) is 0 Å². The number of carbonyl (C=O) groups is 1. The molecule has 0 aliphatic carbocycles. The van der Waals surface area contributed by atoms with E-state index >= 15 is 0 Å². The lowest BCUT2D eigenvalue weighted by molar-refractivity contribution is -0.136. The maximum absolute atomic E-state index is 10.5. The van der Waals surface area contributed by atoms with Crippen molar-refractivity contribution in [2.45, 2.75) is 19.8 Å². The van der Waals surface area contributed by atoms with Crippen LogP contribution in [-0.4, -0.2) is 27.5 Å². The number of aromatic nitrogens is 2. The summed E-state index contributed by atoms with van der Waals surface area (Å²) in [6.07, 6.45) is 2.36. The summed E-state index contributed by atoms with van der Waals surface area (Å²) in [6.45, 7) is 2.57. The Morgan fingerprint density at radius 3 is 3.00 bits per heavy atom. The number of carboxylic acid groups (broad SMARTS) is 1. The van der Waals surface area contributed by atoms with Gasteiger partial charge in [0.15, 0.2) is 0 Å². The fraction of sp³-hybridized carbons (Fsp3) is 0.556. The third-order valence-corrected chi connectivity index (χ3v) is 1.74. The number of nitrogens with zero attached hydrogens (tertiary/aromatic N) is 2. The first kappa shape index (κ1) is 10.6. The van der Waals surface area contributed by atoms with E-state index in [4.69, 9.17) is 9.84 Å². The van der Waals surface area contributed by atoms with Crippen LogP contribution >= 0.6 is 0 Å². The van der Waals surface area contributed by atoms with Crippen molar-refractivity contribution in [3.8, 4) is 5.88 Å². The van der Waals surface area contributed by atoms with Crippen LogP contribution in [0.4, 0.5) is 0 Å². The summed E-state index contributed by atoms with van der Waals surface area (Å²) < 4.78 is 6.94. The number of rotatable bonds is 5. The first-order chi connectivity index (χ1) is 6.65. The molecule has 5 heteroatoms. The normalized spacial score (nSPS) is 10.1. The molecule has 0 radical (unpaired) electrons. The third kappa shape index (κ3) is 2.48. The molecule has 1 rings (SSSR count). The summed E-state index contributed by atoms with van der Waals surface area (Å²) in [4.78, 5) is 10.5. The van der Waals surface area contributed by atoms with Crippen molar-refractivity contribution >= 4 is 5.97 Å². The van der Waals surface area contributed by atoms with E-state index in [0.717, 1.165) is 6.42 Å². The molecule has 0 aliphatic heterocycles. The van der Waals surface area contributed by atoms with Gasteiger partial charge in [0.1, 0.15) is 0 Å². The number of aliphatic carboxylic acids is 1. The Bertz CT molecular complexity index is 320. The second-order valence-corrected chi connectivity index (χ2v) is 3.02. The molecule has 1 aromatic rings. The van der Waals surface area contributed by atoms with Crippen LogP contribution in [0.5, 0.6) is 5.88 Å². The van der Waals surface area contributed by atoms with Gasteiger partial charge in [0.2, 0.25) is 5.88 Å². The smallest absolute Gasteiger partial charge is 0.308 e. The third-order valence-electron chi connectivity index (χ3n) is 1.74. The second kappa shape index (κ2) is 4.64. The first-order valence-electron chi connectivity index (χ1n) is 4.50. The highest BCUT2D eigenvalue weighted by atomic mass is 16.5. The fourth-order valence-electron chi connectivity index (χ4n) is 1.14. The van der Waals surface area contributed by atoms with Gasteiger partial charge in [-0.05, 0) is 6.42 Å². The van der Waals surface area contributed by atoms with E-state index < -0.39 is 5.97 Å². The predicted octanol–water partition coefficient (Wildman–Crippen LogP) is 0.836. The molecule has 0 unspecified atom stereocenters. The molecule has 0 aromatic carbocycles. The zero-order valence-corrected chi connectivity index (χ0v) is 8.36. The summed E-state index contributed by atoms with van der Waals surface area (Å²) in [6, 6.07) is 0. The van der Waals surface area contributed by atoms with Gasteiger partial charge in [-0.1, -0.05) is 6.92 Å². The minimum Gasteiger partial charge on any atom is -0.481 e. The highest BCUT2D eigenvalue weighted by Gasteiger charge is 2.12. The summed E-state index contributed by atoms with van der Waals surface area (Å²) in [7, 11) is 1.73. The molecule has 0 saturated carbocycles. The number of ether oxygens (including phenoxy) is 1. The quantitative estimate of drug-likeness (QED) is 0.761. The van der Waals surface area contributed by atoms with Gasteiger partial charge in [-0.3, -0.25) is 4.79 Å². The molecule has 0 atom stereocenters. The average Bonchev–Trinajstić information content (AvgIpc) is 2.44. The van der Waals surface area contributed by atoms with Gasteiger partial charge < -0.3 is 9.84 Å². The van der Waals surface area contributed by atoms with Crippen LogP contribution in [0.25, 0.3) is 0 Å². The van der Waals surface area contributed by atoms with Gasteiger partial charge in [0, 0.05) is 12.6 Å². The van der Waals surface area contributed by atoms with Gasteiger partial charge in [-0.2, -0.15) is 5.10 Å². The Hall–Kier alpha value is -1.52. The van der Waals surface area contributed by atoms with Gasteiger partial charge >= 0.3 is 5.97 Å². The van der Waals surface area contributed by atoms with Crippen LogP contribution < -0.4 is 4.74 Å². The van der Waals surface area contributed by atoms with Crippen LogP contribution in [-0.2, 0) is 18.3 Å². The molecular weight excluding hydrogens is 184 g/mol. The average molecular weight is 198 g/mol. The molecule has 1 N–H and O–H groups in total. The molecule has 5 nitrogen and oxygen atoms in total. The molecule has 0 amide bonds. The molecule has 0 saturated heterocycles. The largest absolute Gasteiger partial charge is 0.481 e. The van der Waals surface area contributed by atoms with E-state index in [1.54, 1.807) is 11.7 Å². The molecule has 1 heterocycles. The van der Waals surface area contributed by atoms with Crippen LogP contribution in [0.2, 0.25) is 0 Å². The van der Waals surface area contributed by atoms with Crippen LogP contribution in [0.3, 0.4) is 0 Å². The molecular formula is C9H14N2O3. The lowest BCUT2D eigenvalue weighted by Gasteiger charge is -2.06. The van der Waals surface area contributed by atoms with Gasteiger partial charge in [0.25, 0.3) is 0 Å². The lowest BCUT2D eigenvalue weighted by Crippen LogP contribution is -2.06. The topological polar surface area (TPSA) is 64.3 Å². The Labute approximate surface area is 82.3 Å². The zero-order valence-electron chi connectivity index (χ0n) is 8.36. The molecule has 0 aliphatic rings. The van der Waals surface area contributed by atoms with E-state index in [2.05, 4.69) is 5.10 Å². The van der Waals surface area contributed by atoms with Crippen molar-refractivity contribution in [2.24, 2.45) is 7.05 Å². The summed E-state index contributed by atoms with van der Waals surface area (Å²) >= 11 is 0. The Kier molecular flexibility index (Phi) is 3.50. The Balaban J connectivity index is 2.77. The minimum atomic E-state index is -0.876. The molecule has 1 aromatic heterocycles. The maximum Gasteiger partial charge on any atom is 0.308 e. The van der Waals surface area contributed by atoms with E-state index in [1.165, 1.54) is 6.20 Å². The molecule has 0 bridgehead atoms. The number of hydrogen-bond acceptors (Lipinski definition) is 3. The van der Waals surface area contributed by atoms with E-state index in [9.17, 15) is 4.79 Å². The SMILES string of the molecule is CCCOc1c(CC(=O)O)cnn1C. The highest BCUT2D eigenvalue weighted by molar-refractivity contribution is 5.70. The standard InChI is InChI=1S/C9H14N2O3/c1-3-4-14-9-7(5-8(12)13)6-10-11(9)2/h6H,3-5H2,1-2H3,(H,12,13). The van der Waals surface area contributed by atoms with Crippen molar-refractivity contribution in [2.75, 3.05) is 6.61 Å². The number of carboxylic acids is 1. The van der Waals surface area contributed by atoms with Crippen LogP contribution in [0, 0.1) is 0 Å². The molecule has 78 valence electrons. The predicted molar refractivity (Wildman–Crippen MR) is 50.3 cm³/mol. The van der Waals surface area contributed by atoms with Crippen LogP contribution in [0.15, 0.2) is 6.20 Å². The number of hydrogen-bond donors (Lipinski definition) is 1. The summed E-state index contributed by atoms with van der Waals surface area (Å²) in [5.41, 5.74) is 0.619. The Morgan fingerprint density at radius 2 is 2.43 bits per heavy atom. The monoisotopic (exact) mass is 198 g/mol. The van der Waals surface area contributed by atoms with Crippen LogP contribution in [0.1, 0.15) is 18.9 Å². The summed E-state index contributed by atoms with van der Waals surface area (Å²) in [5, 5.41) is 12.6. The van der Waals surface area contributed by atoms with Crippen molar-refractivity contribution in [1.29, 1.82) is 0 Å². The van der Waals surface area contributed by atoms with Crippen molar-refractivity contribution in [1.82, 2.24) is 9.78 Å². The number of aryl methyl sites for hydroxylation is 1. The minimum absolute atomic E-state index is 0.0487. The van der Waals surface area contributed by atoms with Gasteiger partial charge in [0.05, 0.1) is 19.2 Å². The van der Waals surface area contributed by atoms with E-state index in [0.29, 0.717) is 18.1 Å². The molecule has 0 spiro atoms.